The van der Waals surface area contributed by atoms with Gasteiger partial charge >= 0.3 is 0 Å². The van der Waals surface area contributed by atoms with Crippen LogP contribution in [0, 0.1) is 13.8 Å². The zero-order valence-corrected chi connectivity index (χ0v) is 13.8. The van der Waals surface area contributed by atoms with Crippen LogP contribution in [-0.2, 0) is 7.05 Å². The fraction of sp³-hybridized carbons (Fsp3) is 0.500. The first-order chi connectivity index (χ1) is 11.0. The number of hydrogen-bond acceptors (Lipinski definition) is 5. The normalized spacial score (nSPS) is 18.0. The third-order valence-electron chi connectivity index (χ3n) is 4.31. The van der Waals surface area contributed by atoms with E-state index in [0.717, 1.165) is 43.0 Å². The van der Waals surface area contributed by atoms with Gasteiger partial charge in [0.1, 0.15) is 17.8 Å². The molecule has 1 saturated heterocycles. The highest BCUT2D eigenvalue weighted by molar-refractivity contribution is 5.92. The summed E-state index contributed by atoms with van der Waals surface area (Å²) in [6.07, 6.45) is 5.37. The van der Waals surface area contributed by atoms with E-state index in [1.807, 2.05) is 13.8 Å². The number of nitrogens with one attached hydrogen (secondary N) is 1. The third-order valence-corrected chi connectivity index (χ3v) is 4.31. The van der Waals surface area contributed by atoms with Crippen molar-refractivity contribution in [1.29, 1.82) is 0 Å². The Morgan fingerprint density at radius 2 is 2.17 bits per heavy atom. The lowest BCUT2D eigenvalue weighted by molar-refractivity contribution is 0.0927. The van der Waals surface area contributed by atoms with Crippen LogP contribution in [-0.4, -0.2) is 44.8 Å². The van der Waals surface area contributed by atoms with Gasteiger partial charge in [0, 0.05) is 43.6 Å². The number of carbonyl (C=O) groups excluding carboxylic acids is 1. The zero-order chi connectivity index (χ0) is 16.4. The minimum atomic E-state index is -0.118. The van der Waals surface area contributed by atoms with Crippen LogP contribution < -0.4 is 10.2 Å². The maximum atomic E-state index is 12.3. The molecule has 3 rings (SSSR count). The summed E-state index contributed by atoms with van der Waals surface area (Å²) in [7, 11) is 1.80. The van der Waals surface area contributed by atoms with E-state index in [-0.39, 0.29) is 11.9 Å². The first kappa shape index (κ1) is 15.5. The number of amides is 1. The summed E-state index contributed by atoms with van der Waals surface area (Å²) in [6.45, 7) is 5.74. The Balaban J connectivity index is 1.69. The molecule has 0 bridgehead atoms. The lowest BCUT2D eigenvalue weighted by atomic mass is 10.0. The molecule has 7 nitrogen and oxygen atoms in total. The molecule has 1 atom stereocenters. The van der Waals surface area contributed by atoms with Crippen molar-refractivity contribution < 1.29 is 4.79 Å². The fourth-order valence-electron chi connectivity index (χ4n) is 2.93. The molecule has 0 radical (unpaired) electrons. The predicted octanol–water partition coefficient (Wildman–Crippen LogP) is 1.23. The number of aromatic nitrogens is 4. The molecule has 2 aromatic heterocycles. The van der Waals surface area contributed by atoms with Gasteiger partial charge in [0.2, 0.25) is 0 Å². The van der Waals surface area contributed by atoms with Gasteiger partial charge in [-0.25, -0.2) is 9.97 Å². The maximum absolute atomic E-state index is 12.3. The lowest BCUT2D eigenvalue weighted by Gasteiger charge is -2.34. The average Bonchev–Trinajstić information content (AvgIpc) is 2.97. The van der Waals surface area contributed by atoms with Crippen molar-refractivity contribution in [3.8, 4) is 0 Å². The number of anilines is 1. The number of rotatable bonds is 3. The Labute approximate surface area is 135 Å². The highest BCUT2D eigenvalue weighted by Gasteiger charge is 2.24. The largest absolute Gasteiger partial charge is 0.354 e. The van der Waals surface area contributed by atoms with Crippen LogP contribution in [0.3, 0.4) is 0 Å². The molecule has 0 spiro atoms. The minimum absolute atomic E-state index is 0.105. The molecular formula is C16H22N6O. The smallest absolute Gasteiger partial charge is 0.272 e. The molecule has 1 unspecified atom stereocenters. The maximum Gasteiger partial charge on any atom is 0.272 e. The summed E-state index contributed by atoms with van der Waals surface area (Å²) in [5, 5.41) is 7.23. The molecule has 1 amide bonds. The van der Waals surface area contributed by atoms with Crippen molar-refractivity contribution in [2.24, 2.45) is 7.05 Å². The summed E-state index contributed by atoms with van der Waals surface area (Å²) in [5.74, 6) is 0.849. The lowest BCUT2D eigenvalue weighted by Crippen LogP contribution is -2.48. The third kappa shape index (κ3) is 3.33. The molecule has 0 saturated carbocycles. The molecule has 1 aliphatic rings. The Morgan fingerprint density at radius 1 is 1.35 bits per heavy atom. The second-order valence-corrected chi connectivity index (χ2v) is 6.04. The molecule has 0 aromatic carbocycles. The molecule has 2 aromatic rings. The molecule has 1 aliphatic heterocycles. The van der Waals surface area contributed by atoms with Crippen LogP contribution >= 0.6 is 0 Å². The van der Waals surface area contributed by atoms with E-state index in [9.17, 15) is 4.79 Å². The molecule has 23 heavy (non-hydrogen) atoms. The SMILES string of the molecule is Cc1ncnc(N2CCCC(NC(=O)c3ccn(C)n3)C2)c1C. The van der Waals surface area contributed by atoms with Crippen LogP contribution in [0.15, 0.2) is 18.6 Å². The number of aryl methyl sites for hydroxylation is 2. The highest BCUT2D eigenvalue weighted by Crippen LogP contribution is 2.22. The summed E-state index contributed by atoms with van der Waals surface area (Å²) < 4.78 is 1.63. The van der Waals surface area contributed by atoms with Gasteiger partial charge in [-0.2, -0.15) is 5.10 Å². The molecular weight excluding hydrogens is 292 g/mol. The molecule has 1 N–H and O–H groups in total. The van der Waals surface area contributed by atoms with Crippen LogP contribution in [0.4, 0.5) is 5.82 Å². The second-order valence-electron chi connectivity index (χ2n) is 6.04. The van der Waals surface area contributed by atoms with Gasteiger partial charge < -0.3 is 10.2 Å². The van der Waals surface area contributed by atoms with Crippen LogP contribution in [0.2, 0.25) is 0 Å². The topological polar surface area (TPSA) is 75.9 Å². The molecule has 3 heterocycles. The average molecular weight is 314 g/mol. The van der Waals surface area contributed by atoms with E-state index in [4.69, 9.17) is 0 Å². The van der Waals surface area contributed by atoms with Gasteiger partial charge in [0.05, 0.1) is 0 Å². The Morgan fingerprint density at radius 3 is 2.91 bits per heavy atom. The predicted molar refractivity (Wildman–Crippen MR) is 87.4 cm³/mol. The van der Waals surface area contributed by atoms with Gasteiger partial charge in [0.15, 0.2) is 0 Å². The van der Waals surface area contributed by atoms with E-state index in [1.165, 1.54) is 0 Å². The van der Waals surface area contributed by atoms with E-state index >= 15 is 0 Å². The Bertz CT molecular complexity index is 710. The highest BCUT2D eigenvalue weighted by atomic mass is 16.2. The minimum Gasteiger partial charge on any atom is -0.354 e. The van der Waals surface area contributed by atoms with Crippen molar-refractivity contribution in [2.45, 2.75) is 32.7 Å². The summed E-state index contributed by atoms with van der Waals surface area (Å²) in [4.78, 5) is 23.1. The molecule has 1 fully saturated rings. The summed E-state index contributed by atoms with van der Waals surface area (Å²) in [5.41, 5.74) is 2.55. The Kier molecular flexibility index (Phi) is 4.27. The number of hydrogen-bond donors (Lipinski definition) is 1. The van der Waals surface area contributed by atoms with Crippen molar-refractivity contribution in [2.75, 3.05) is 18.0 Å². The van der Waals surface area contributed by atoms with Crippen molar-refractivity contribution in [1.82, 2.24) is 25.1 Å². The molecule has 0 aliphatic carbocycles. The second kappa shape index (κ2) is 6.36. The Hall–Kier alpha value is -2.44. The molecule has 122 valence electrons. The van der Waals surface area contributed by atoms with Crippen LogP contribution in [0.5, 0.6) is 0 Å². The van der Waals surface area contributed by atoms with Gasteiger partial charge in [-0.1, -0.05) is 0 Å². The monoisotopic (exact) mass is 314 g/mol. The number of carbonyl (C=O) groups is 1. The first-order valence-electron chi connectivity index (χ1n) is 7.88. The van der Waals surface area contributed by atoms with Gasteiger partial charge in [-0.15, -0.1) is 0 Å². The fourth-order valence-corrected chi connectivity index (χ4v) is 2.93. The van der Waals surface area contributed by atoms with Crippen LogP contribution in [0.1, 0.15) is 34.6 Å². The van der Waals surface area contributed by atoms with Crippen molar-refractivity contribution >= 4 is 11.7 Å². The van der Waals surface area contributed by atoms with Crippen LogP contribution in [0.25, 0.3) is 0 Å². The summed E-state index contributed by atoms with van der Waals surface area (Å²) in [6, 6.07) is 1.83. The van der Waals surface area contributed by atoms with Crippen molar-refractivity contribution in [3.05, 3.63) is 35.5 Å². The van der Waals surface area contributed by atoms with E-state index in [0.29, 0.717) is 5.69 Å². The van der Waals surface area contributed by atoms with Gasteiger partial charge in [0.25, 0.3) is 5.91 Å². The van der Waals surface area contributed by atoms with E-state index < -0.39 is 0 Å². The zero-order valence-electron chi connectivity index (χ0n) is 13.8. The van der Waals surface area contributed by atoms with Gasteiger partial charge in [-0.05, 0) is 32.8 Å². The van der Waals surface area contributed by atoms with Crippen molar-refractivity contribution in [3.63, 3.8) is 0 Å². The standard InChI is InChI=1S/C16H22N6O/c1-11-12(2)17-10-18-15(11)22-7-4-5-13(9-22)19-16(23)14-6-8-21(3)20-14/h6,8,10,13H,4-5,7,9H2,1-3H3,(H,19,23). The summed E-state index contributed by atoms with van der Waals surface area (Å²) >= 11 is 0. The molecule has 7 heteroatoms. The van der Waals surface area contributed by atoms with Gasteiger partial charge in [-0.3, -0.25) is 9.48 Å². The quantitative estimate of drug-likeness (QED) is 0.922. The van der Waals surface area contributed by atoms with E-state index in [2.05, 4.69) is 25.3 Å². The number of nitrogens with zero attached hydrogens (tertiary/aromatic N) is 5. The van der Waals surface area contributed by atoms with E-state index in [1.54, 1.807) is 30.3 Å². The number of piperidine rings is 1. The first-order valence-corrected chi connectivity index (χ1v) is 7.88.